The van der Waals surface area contributed by atoms with E-state index in [-0.39, 0.29) is 0 Å². The maximum Gasteiger partial charge on any atom is 0.220 e. The van der Waals surface area contributed by atoms with Gasteiger partial charge in [0.2, 0.25) is 5.95 Å². The Balaban J connectivity index is 1.78. The molecule has 3 aromatic rings. The Labute approximate surface area is 153 Å². The molecule has 6 heteroatoms. The van der Waals surface area contributed by atoms with E-state index >= 15 is 0 Å². The highest BCUT2D eigenvalue weighted by Crippen LogP contribution is 2.32. The first kappa shape index (κ1) is 16.6. The standard InChI is InChI=1S/C20H23N5O/c1-26-17-3-2-15-10-14(11-16-4-5-23-20(21)24-16)12-19(18(15)13-17)25-8-6-22-7-9-25/h2-5,10,12-13,22H,6-9,11H2,1H3,(H2,21,23,24). The molecule has 0 unspecified atom stereocenters. The van der Waals surface area contributed by atoms with E-state index in [1.54, 1.807) is 13.3 Å². The van der Waals surface area contributed by atoms with E-state index in [4.69, 9.17) is 10.5 Å². The number of hydrogen-bond acceptors (Lipinski definition) is 6. The molecule has 0 amide bonds. The lowest BCUT2D eigenvalue weighted by Crippen LogP contribution is -2.43. The van der Waals surface area contributed by atoms with Crippen molar-refractivity contribution in [3.05, 3.63) is 53.9 Å². The highest BCUT2D eigenvalue weighted by Gasteiger charge is 2.15. The predicted molar refractivity (Wildman–Crippen MR) is 105 cm³/mol. The Morgan fingerprint density at radius 1 is 1.15 bits per heavy atom. The minimum Gasteiger partial charge on any atom is -0.497 e. The quantitative estimate of drug-likeness (QED) is 0.752. The number of fused-ring (bicyclic) bond motifs is 1. The van der Waals surface area contributed by atoms with Crippen molar-refractivity contribution in [2.45, 2.75) is 6.42 Å². The van der Waals surface area contributed by atoms with Crippen LogP contribution in [0.15, 0.2) is 42.6 Å². The summed E-state index contributed by atoms with van der Waals surface area (Å²) in [5, 5.41) is 5.85. The number of anilines is 2. The Bertz CT molecular complexity index is 921. The Morgan fingerprint density at radius 2 is 2.00 bits per heavy atom. The SMILES string of the molecule is COc1ccc2cc(Cc3ccnc(N)n3)cc(N3CCNCC3)c2c1. The zero-order valence-electron chi connectivity index (χ0n) is 14.9. The number of ether oxygens (including phenoxy) is 1. The van der Waals surface area contributed by atoms with E-state index < -0.39 is 0 Å². The van der Waals surface area contributed by atoms with Crippen molar-refractivity contribution < 1.29 is 4.74 Å². The smallest absolute Gasteiger partial charge is 0.220 e. The monoisotopic (exact) mass is 349 g/mol. The summed E-state index contributed by atoms with van der Waals surface area (Å²) in [7, 11) is 1.71. The number of aromatic nitrogens is 2. The predicted octanol–water partition coefficient (Wildman–Crippen LogP) is 2.22. The molecule has 2 heterocycles. The van der Waals surface area contributed by atoms with Crippen LogP contribution in [0.1, 0.15) is 11.3 Å². The van der Waals surface area contributed by atoms with Crippen LogP contribution in [0.3, 0.4) is 0 Å². The number of nitrogens with zero attached hydrogens (tertiary/aromatic N) is 3. The van der Waals surface area contributed by atoms with E-state index in [9.17, 15) is 0 Å². The average molecular weight is 349 g/mol. The van der Waals surface area contributed by atoms with Gasteiger partial charge >= 0.3 is 0 Å². The van der Waals surface area contributed by atoms with Crippen LogP contribution in [0.5, 0.6) is 5.75 Å². The molecule has 1 aliphatic heterocycles. The topological polar surface area (TPSA) is 76.3 Å². The molecule has 134 valence electrons. The molecule has 1 aliphatic rings. The highest BCUT2D eigenvalue weighted by atomic mass is 16.5. The average Bonchev–Trinajstić information content (AvgIpc) is 2.68. The van der Waals surface area contributed by atoms with Crippen LogP contribution in [0, 0.1) is 0 Å². The first-order valence-corrected chi connectivity index (χ1v) is 8.87. The Kier molecular flexibility index (Phi) is 4.58. The number of rotatable bonds is 4. The van der Waals surface area contributed by atoms with Crippen LogP contribution in [0.4, 0.5) is 11.6 Å². The number of nitrogens with two attached hydrogens (primary N) is 1. The third kappa shape index (κ3) is 3.41. The number of nitrogen functional groups attached to an aromatic ring is 1. The van der Waals surface area contributed by atoms with Crippen LogP contribution in [-0.4, -0.2) is 43.3 Å². The molecule has 1 saturated heterocycles. The zero-order chi connectivity index (χ0) is 17.9. The van der Waals surface area contributed by atoms with Gasteiger partial charge in [-0.3, -0.25) is 0 Å². The Hall–Kier alpha value is -2.86. The fourth-order valence-corrected chi connectivity index (χ4v) is 3.49. The number of methoxy groups -OCH3 is 1. The summed E-state index contributed by atoms with van der Waals surface area (Å²) in [6, 6.07) is 12.7. The maximum absolute atomic E-state index is 5.73. The van der Waals surface area contributed by atoms with Gasteiger partial charge in [0.1, 0.15) is 5.75 Å². The molecule has 2 aromatic carbocycles. The molecular weight excluding hydrogens is 326 g/mol. The minimum absolute atomic E-state index is 0.315. The van der Waals surface area contributed by atoms with E-state index in [0.717, 1.165) is 44.0 Å². The van der Waals surface area contributed by atoms with Gasteiger partial charge in [-0.25, -0.2) is 9.97 Å². The summed E-state index contributed by atoms with van der Waals surface area (Å²) in [4.78, 5) is 10.8. The second-order valence-electron chi connectivity index (χ2n) is 6.52. The molecular formula is C20H23N5O. The molecule has 3 N–H and O–H groups in total. The lowest BCUT2D eigenvalue weighted by atomic mass is 10.0. The molecule has 1 fully saturated rings. The van der Waals surface area contributed by atoms with E-state index in [0.29, 0.717) is 5.95 Å². The number of benzene rings is 2. The van der Waals surface area contributed by atoms with Gasteiger partial charge < -0.3 is 20.7 Å². The Morgan fingerprint density at radius 3 is 2.77 bits per heavy atom. The van der Waals surface area contributed by atoms with Gasteiger partial charge in [-0.2, -0.15) is 0 Å². The summed E-state index contributed by atoms with van der Waals surface area (Å²) in [6.07, 6.45) is 2.44. The van der Waals surface area contributed by atoms with Crippen molar-refractivity contribution in [2.75, 3.05) is 43.9 Å². The van der Waals surface area contributed by atoms with Crippen molar-refractivity contribution in [1.82, 2.24) is 15.3 Å². The van der Waals surface area contributed by atoms with Crippen LogP contribution in [0.25, 0.3) is 10.8 Å². The summed E-state index contributed by atoms with van der Waals surface area (Å²) in [5.41, 5.74) is 9.12. The van der Waals surface area contributed by atoms with Crippen molar-refractivity contribution >= 4 is 22.4 Å². The fourth-order valence-electron chi connectivity index (χ4n) is 3.49. The molecule has 0 bridgehead atoms. The third-order valence-electron chi connectivity index (χ3n) is 4.77. The zero-order valence-corrected chi connectivity index (χ0v) is 14.9. The summed E-state index contributed by atoms with van der Waals surface area (Å²) in [6.45, 7) is 3.99. The molecule has 0 spiro atoms. The molecule has 0 saturated carbocycles. The van der Waals surface area contributed by atoms with Gasteiger partial charge in [0.25, 0.3) is 0 Å². The van der Waals surface area contributed by atoms with Gasteiger partial charge in [-0.05, 0) is 35.2 Å². The summed E-state index contributed by atoms with van der Waals surface area (Å²) in [5.74, 6) is 1.19. The third-order valence-corrected chi connectivity index (χ3v) is 4.77. The highest BCUT2D eigenvalue weighted by molar-refractivity contribution is 5.96. The van der Waals surface area contributed by atoms with Crippen LogP contribution in [0.2, 0.25) is 0 Å². The largest absolute Gasteiger partial charge is 0.497 e. The van der Waals surface area contributed by atoms with E-state index in [1.165, 1.54) is 22.0 Å². The van der Waals surface area contributed by atoms with E-state index in [2.05, 4.69) is 44.5 Å². The van der Waals surface area contributed by atoms with Crippen molar-refractivity contribution in [2.24, 2.45) is 0 Å². The number of hydrogen-bond donors (Lipinski definition) is 2. The first-order chi connectivity index (χ1) is 12.7. The lowest BCUT2D eigenvalue weighted by Gasteiger charge is -2.31. The number of nitrogens with one attached hydrogen (secondary N) is 1. The molecule has 0 radical (unpaired) electrons. The van der Waals surface area contributed by atoms with Gasteiger partial charge in [-0.1, -0.05) is 12.1 Å². The molecule has 6 nitrogen and oxygen atoms in total. The number of piperazine rings is 1. The second kappa shape index (κ2) is 7.17. The van der Waals surface area contributed by atoms with Gasteiger partial charge in [-0.15, -0.1) is 0 Å². The van der Waals surface area contributed by atoms with Gasteiger partial charge in [0.05, 0.1) is 12.8 Å². The summed E-state index contributed by atoms with van der Waals surface area (Å²) >= 11 is 0. The van der Waals surface area contributed by atoms with Crippen molar-refractivity contribution in [3.63, 3.8) is 0 Å². The molecule has 1 aromatic heterocycles. The van der Waals surface area contributed by atoms with Crippen molar-refractivity contribution in [3.8, 4) is 5.75 Å². The lowest BCUT2D eigenvalue weighted by molar-refractivity contribution is 0.415. The normalized spacial score (nSPS) is 14.6. The van der Waals surface area contributed by atoms with Crippen LogP contribution in [-0.2, 0) is 6.42 Å². The molecule has 0 aliphatic carbocycles. The van der Waals surface area contributed by atoms with E-state index in [1.807, 2.05) is 12.1 Å². The van der Waals surface area contributed by atoms with Crippen molar-refractivity contribution in [1.29, 1.82) is 0 Å². The fraction of sp³-hybridized carbons (Fsp3) is 0.300. The van der Waals surface area contributed by atoms with Gasteiger partial charge in [0, 0.05) is 49.9 Å². The molecule has 0 atom stereocenters. The maximum atomic E-state index is 5.73. The van der Waals surface area contributed by atoms with Crippen LogP contribution < -0.4 is 20.7 Å². The minimum atomic E-state index is 0.315. The molecule has 4 rings (SSSR count). The first-order valence-electron chi connectivity index (χ1n) is 8.87. The summed E-state index contributed by atoms with van der Waals surface area (Å²) < 4.78 is 5.44. The van der Waals surface area contributed by atoms with Crippen LogP contribution >= 0.6 is 0 Å². The second-order valence-corrected chi connectivity index (χ2v) is 6.52. The molecule has 26 heavy (non-hydrogen) atoms. The van der Waals surface area contributed by atoms with Gasteiger partial charge in [0.15, 0.2) is 0 Å².